The molecule has 2 rings (SSSR count). The molecule has 1 aromatic rings. The Kier molecular flexibility index (Phi) is 3.82. The normalized spacial score (nSPS) is 18.8. The Morgan fingerprint density at radius 2 is 2.12 bits per heavy atom. The highest BCUT2D eigenvalue weighted by Crippen LogP contribution is 2.24. The Balaban J connectivity index is 2.20. The SMILES string of the molecule is Cc1ncc(S(=O)(=O)N(C)C2CCNCC2)s1. The van der Waals surface area contributed by atoms with Crippen molar-refractivity contribution in [3.8, 4) is 0 Å². The predicted molar refractivity (Wildman–Crippen MR) is 67.7 cm³/mol. The monoisotopic (exact) mass is 275 g/mol. The molecule has 0 spiro atoms. The van der Waals surface area contributed by atoms with Gasteiger partial charge in [-0.1, -0.05) is 0 Å². The van der Waals surface area contributed by atoms with Gasteiger partial charge >= 0.3 is 0 Å². The number of nitrogens with one attached hydrogen (secondary N) is 1. The van der Waals surface area contributed by atoms with Gasteiger partial charge in [-0.3, -0.25) is 0 Å². The summed E-state index contributed by atoms with van der Waals surface area (Å²) in [5, 5.41) is 4.01. The topological polar surface area (TPSA) is 62.3 Å². The molecule has 17 heavy (non-hydrogen) atoms. The van der Waals surface area contributed by atoms with Gasteiger partial charge in [0.05, 0.1) is 11.2 Å². The lowest BCUT2D eigenvalue weighted by atomic mass is 10.1. The van der Waals surface area contributed by atoms with Crippen molar-refractivity contribution >= 4 is 21.4 Å². The van der Waals surface area contributed by atoms with Gasteiger partial charge in [0.15, 0.2) is 4.21 Å². The number of aromatic nitrogens is 1. The Morgan fingerprint density at radius 3 is 2.65 bits per heavy atom. The second-order valence-electron chi connectivity index (χ2n) is 4.20. The fourth-order valence-corrected chi connectivity index (χ4v) is 4.68. The summed E-state index contributed by atoms with van der Waals surface area (Å²) in [5.74, 6) is 0. The zero-order valence-electron chi connectivity index (χ0n) is 10.0. The summed E-state index contributed by atoms with van der Waals surface area (Å²) in [4.78, 5) is 4.01. The van der Waals surface area contributed by atoms with Crippen molar-refractivity contribution in [2.45, 2.75) is 30.0 Å². The molecule has 7 heteroatoms. The van der Waals surface area contributed by atoms with E-state index in [1.54, 1.807) is 7.05 Å². The van der Waals surface area contributed by atoms with E-state index in [0.29, 0.717) is 4.21 Å². The van der Waals surface area contributed by atoms with Crippen LogP contribution >= 0.6 is 11.3 Å². The molecule has 1 saturated heterocycles. The summed E-state index contributed by atoms with van der Waals surface area (Å²) in [6, 6.07) is 0.101. The number of hydrogen-bond acceptors (Lipinski definition) is 5. The third kappa shape index (κ3) is 2.67. The molecule has 1 N–H and O–H groups in total. The van der Waals surface area contributed by atoms with Crippen LogP contribution in [0.5, 0.6) is 0 Å². The molecular formula is C10H17N3O2S2. The first kappa shape index (κ1) is 12.9. The third-order valence-corrected chi connectivity index (χ3v) is 6.32. The molecule has 0 radical (unpaired) electrons. The maximum absolute atomic E-state index is 12.3. The summed E-state index contributed by atoms with van der Waals surface area (Å²) >= 11 is 1.23. The fraction of sp³-hybridized carbons (Fsp3) is 0.700. The predicted octanol–water partition coefficient (Wildman–Crippen LogP) is 0.824. The first-order chi connectivity index (χ1) is 8.01. The average molecular weight is 275 g/mol. The number of sulfonamides is 1. The molecule has 0 bridgehead atoms. The van der Waals surface area contributed by atoms with Crippen molar-refractivity contribution in [1.82, 2.24) is 14.6 Å². The zero-order chi connectivity index (χ0) is 12.5. The Hall–Kier alpha value is -0.500. The molecule has 1 fully saturated rings. The van der Waals surface area contributed by atoms with Crippen molar-refractivity contribution in [2.24, 2.45) is 0 Å². The summed E-state index contributed by atoms with van der Waals surface area (Å²) < 4.78 is 26.5. The van der Waals surface area contributed by atoms with Crippen LogP contribution in [0.25, 0.3) is 0 Å². The van der Waals surface area contributed by atoms with Gasteiger partial charge in [-0.15, -0.1) is 11.3 Å². The lowest BCUT2D eigenvalue weighted by Crippen LogP contribution is -2.43. The molecule has 0 aliphatic carbocycles. The number of nitrogens with zero attached hydrogens (tertiary/aromatic N) is 2. The fourth-order valence-electron chi connectivity index (χ4n) is 1.97. The van der Waals surface area contributed by atoms with Crippen molar-refractivity contribution in [2.75, 3.05) is 20.1 Å². The van der Waals surface area contributed by atoms with E-state index < -0.39 is 10.0 Å². The molecule has 1 aromatic heterocycles. The first-order valence-electron chi connectivity index (χ1n) is 5.63. The van der Waals surface area contributed by atoms with Crippen molar-refractivity contribution in [3.05, 3.63) is 11.2 Å². The van der Waals surface area contributed by atoms with Crippen molar-refractivity contribution in [3.63, 3.8) is 0 Å². The van der Waals surface area contributed by atoms with E-state index in [1.165, 1.54) is 21.8 Å². The van der Waals surface area contributed by atoms with Gasteiger partial charge < -0.3 is 5.32 Å². The van der Waals surface area contributed by atoms with Gasteiger partial charge in [0, 0.05) is 13.1 Å². The number of hydrogen-bond donors (Lipinski definition) is 1. The lowest BCUT2D eigenvalue weighted by molar-refractivity contribution is 0.297. The van der Waals surface area contributed by atoms with Crippen LogP contribution in [0.15, 0.2) is 10.4 Å². The van der Waals surface area contributed by atoms with E-state index in [2.05, 4.69) is 10.3 Å². The van der Waals surface area contributed by atoms with E-state index in [9.17, 15) is 8.42 Å². The number of thiazole rings is 1. The van der Waals surface area contributed by atoms with Crippen molar-refractivity contribution in [1.29, 1.82) is 0 Å². The van der Waals surface area contributed by atoms with E-state index >= 15 is 0 Å². The molecule has 1 aliphatic heterocycles. The average Bonchev–Trinajstić information content (AvgIpc) is 2.77. The summed E-state index contributed by atoms with van der Waals surface area (Å²) in [6.45, 7) is 3.58. The Morgan fingerprint density at radius 1 is 1.47 bits per heavy atom. The van der Waals surface area contributed by atoms with Crippen LogP contribution < -0.4 is 5.32 Å². The standard InChI is InChI=1S/C10H17N3O2S2/c1-8-12-7-10(16-8)17(14,15)13(2)9-3-5-11-6-4-9/h7,9,11H,3-6H2,1-2H3. The second kappa shape index (κ2) is 5.01. The molecular weight excluding hydrogens is 258 g/mol. The van der Waals surface area contributed by atoms with Crippen LogP contribution in [0.3, 0.4) is 0 Å². The van der Waals surface area contributed by atoms with Crippen LogP contribution in [0.4, 0.5) is 0 Å². The maximum Gasteiger partial charge on any atom is 0.254 e. The van der Waals surface area contributed by atoms with Gasteiger partial charge in [-0.2, -0.15) is 4.31 Å². The van der Waals surface area contributed by atoms with Crippen molar-refractivity contribution < 1.29 is 8.42 Å². The number of rotatable bonds is 3. The van der Waals surface area contributed by atoms with Crippen LogP contribution in [0.2, 0.25) is 0 Å². The molecule has 0 saturated carbocycles. The molecule has 1 aliphatic rings. The summed E-state index contributed by atoms with van der Waals surface area (Å²) in [6.07, 6.45) is 3.19. The highest BCUT2D eigenvalue weighted by Gasteiger charge is 2.30. The van der Waals surface area contributed by atoms with Gasteiger partial charge in [0.1, 0.15) is 0 Å². The Bertz CT molecular complexity index is 477. The minimum atomic E-state index is -3.36. The minimum absolute atomic E-state index is 0.101. The molecule has 5 nitrogen and oxygen atoms in total. The number of piperidine rings is 1. The summed E-state index contributed by atoms with van der Waals surface area (Å²) in [5.41, 5.74) is 0. The molecule has 0 atom stereocenters. The maximum atomic E-state index is 12.3. The smallest absolute Gasteiger partial charge is 0.254 e. The van der Waals surface area contributed by atoms with Crippen LogP contribution in [0, 0.1) is 6.92 Å². The minimum Gasteiger partial charge on any atom is -0.317 e. The van der Waals surface area contributed by atoms with Gasteiger partial charge in [0.25, 0.3) is 10.0 Å². The zero-order valence-corrected chi connectivity index (χ0v) is 11.6. The molecule has 0 aromatic carbocycles. The number of aryl methyl sites for hydroxylation is 1. The van der Waals surface area contributed by atoms with E-state index in [-0.39, 0.29) is 6.04 Å². The van der Waals surface area contributed by atoms with E-state index in [0.717, 1.165) is 30.9 Å². The van der Waals surface area contributed by atoms with Gasteiger partial charge in [-0.25, -0.2) is 13.4 Å². The summed E-state index contributed by atoms with van der Waals surface area (Å²) in [7, 11) is -1.69. The van der Waals surface area contributed by atoms with Gasteiger partial charge in [0.2, 0.25) is 0 Å². The van der Waals surface area contributed by atoms with Crippen LogP contribution in [0.1, 0.15) is 17.8 Å². The molecule has 0 unspecified atom stereocenters. The largest absolute Gasteiger partial charge is 0.317 e. The van der Waals surface area contributed by atoms with E-state index in [4.69, 9.17) is 0 Å². The van der Waals surface area contributed by atoms with Gasteiger partial charge in [-0.05, 0) is 32.9 Å². The molecule has 96 valence electrons. The highest BCUT2D eigenvalue weighted by atomic mass is 32.2. The Labute approximate surface area is 106 Å². The van der Waals surface area contributed by atoms with Crippen LogP contribution in [-0.4, -0.2) is 43.9 Å². The highest BCUT2D eigenvalue weighted by molar-refractivity contribution is 7.91. The van der Waals surface area contributed by atoms with E-state index in [1.807, 2.05) is 6.92 Å². The lowest BCUT2D eigenvalue weighted by Gasteiger charge is -2.30. The first-order valence-corrected chi connectivity index (χ1v) is 7.88. The quantitative estimate of drug-likeness (QED) is 0.887. The van der Waals surface area contributed by atoms with Crippen LogP contribution in [-0.2, 0) is 10.0 Å². The molecule has 0 amide bonds. The second-order valence-corrected chi connectivity index (χ2v) is 7.66. The molecule has 2 heterocycles. The third-order valence-electron chi connectivity index (χ3n) is 3.06.